The molecule has 0 saturated carbocycles. The van der Waals surface area contributed by atoms with Crippen molar-refractivity contribution < 1.29 is 5.11 Å². The number of hydrogen-bond acceptors (Lipinski definition) is 1. The summed E-state index contributed by atoms with van der Waals surface area (Å²) in [4.78, 5) is 0. The highest BCUT2D eigenvalue weighted by Gasteiger charge is 2.14. The van der Waals surface area contributed by atoms with Crippen molar-refractivity contribution in [2.24, 2.45) is 5.92 Å². The Hall–Kier alpha value is -0.560. The Morgan fingerprint density at radius 3 is 2.26 bits per heavy atom. The molecule has 0 aliphatic heterocycles. The fourth-order valence-corrected chi connectivity index (χ4v) is 3.16. The second-order valence-corrected chi connectivity index (χ2v) is 7.10. The average Bonchev–Trinajstić information content (AvgIpc) is 2.54. The Morgan fingerprint density at radius 2 is 1.61 bits per heavy atom. The van der Waals surface area contributed by atoms with Gasteiger partial charge >= 0.3 is 0 Å². The molecule has 1 N–H and O–H groups in total. The van der Waals surface area contributed by atoms with E-state index in [1.54, 1.807) is 5.57 Å². The number of rotatable bonds is 16. The maximum atomic E-state index is 10.3. The highest BCUT2D eigenvalue weighted by Crippen LogP contribution is 2.25. The summed E-state index contributed by atoms with van der Waals surface area (Å²) in [5, 5.41) is 10.3. The van der Waals surface area contributed by atoms with Gasteiger partial charge in [-0.1, -0.05) is 70.6 Å². The zero-order valence-corrected chi connectivity index (χ0v) is 16.2. The molecular formula is C22H42O. The Balaban J connectivity index is 4.28. The average molecular weight is 323 g/mol. The van der Waals surface area contributed by atoms with Gasteiger partial charge in [-0.3, -0.25) is 0 Å². The number of aliphatic hydroxyl groups excluding tert-OH is 1. The number of aliphatic hydroxyl groups is 1. The van der Waals surface area contributed by atoms with Crippen molar-refractivity contribution in [2.45, 2.75) is 110 Å². The number of unbranched alkanes of at least 4 members (excludes halogenated alkanes) is 7. The summed E-state index contributed by atoms with van der Waals surface area (Å²) in [6, 6.07) is 0. The lowest BCUT2D eigenvalue weighted by atomic mass is 9.88. The molecule has 2 atom stereocenters. The Kier molecular flexibility index (Phi) is 15.9. The van der Waals surface area contributed by atoms with Gasteiger partial charge < -0.3 is 5.11 Å². The largest absolute Gasteiger partial charge is 0.393 e. The van der Waals surface area contributed by atoms with E-state index < -0.39 is 0 Å². The maximum absolute atomic E-state index is 10.3. The van der Waals surface area contributed by atoms with Gasteiger partial charge in [-0.25, -0.2) is 0 Å². The van der Waals surface area contributed by atoms with E-state index in [1.807, 2.05) is 6.08 Å². The lowest BCUT2D eigenvalue weighted by molar-refractivity contribution is 0.138. The quantitative estimate of drug-likeness (QED) is 0.235. The smallest absolute Gasteiger partial charge is 0.0545 e. The second kappa shape index (κ2) is 16.3. The van der Waals surface area contributed by atoms with Crippen LogP contribution in [0.25, 0.3) is 0 Å². The van der Waals surface area contributed by atoms with Crippen molar-refractivity contribution in [1.82, 2.24) is 0 Å². The van der Waals surface area contributed by atoms with E-state index in [0.29, 0.717) is 5.92 Å². The van der Waals surface area contributed by atoms with Gasteiger partial charge in [0.15, 0.2) is 0 Å². The van der Waals surface area contributed by atoms with Crippen LogP contribution in [0.2, 0.25) is 0 Å². The molecular weight excluding hydrogens is 280 g/mol. The van der Waals surface area contributed by atoms with E-state index in [0.717, 1.165) is 32.1 Å². The van der Waals surface area contributed by atoms with Crippen LogP contribution in [0.5, 0.6) is 0 Å². The molecule has 1 heteroatoms. The zero-order valence-electron chi connectivity index (χ0n) is 16.2. The third-order valence-corrected chi connectivity index (χ3v) is 4.74. The molecule has 0 aromatic carbocycles. The lowest BCUT2D eigenvalue weighted by Crippen LogP contribution is -2.13. The predicted molar refractivity (Wildman–Crippen MR) is 105 cm³/mol. The van der Waals surface area contributed by atoms with Gasteiger partial charge in [0.2, 0.25) is 0 Å². The molecule has 0 rings (SSSR count). The van der Waals surface area contributed by atoms with Crippen LogP contribution in [-0.4, -0.2) is 11.2 Å². The van der Waals surface area contributed by atoms with Crippen molar-refractivity contribution in [3.05, 3.63) is 24.3 Å². The van der Waals surface area contributed by atoms with Gasteiger partial charge in [0.05, 0.1) is 6.10 Å². The van der Waals surface area contributed by atoms with Crippen LogP contribution < -0.4 is 0 Å². The van der Waals surface area contributed by atoms with Crippen LogP contribution in [0.1, 0.15) is 104 Å². The first kappa shape index (κ1) is 22.4. The van der Waals surface area contributed by atoms with E-state index in [4.69, 9.17) is 0 Å². The molecule has 0 fully saturated rings. The van der Waals surface area contributed by atoms with E-state index in [2.05, 4.69) is 33.4 Å². The van der Waals surface area contributed by atoms with Crippen LogP contribution >= 0.6 is 0 Å². The van der Waals surface area contributed by atoms with Crippen molar-refractivity contribution in [3.8, 4) is 0 Å². The zero-order chi connectivity index (χ0) is 17.3. The fraction of sp³-hybridized carbons (Fsp3) is 0.818. The van der Waals surface area contributed by atoms with E-state index in [1.165, 1.54) is 51.4 Å². The Labute approximate surface area is 146 Å². The molecule has 23 heavy (non-hydrogen) atoms. The van der Waals surface area contributed by atoms with Crippen molar-refractivity contribution in [2.75, 3.05) is 0 Å². The number of hydrogen-bond donors (Lipinski definition) is 1. The maximum Gasteiger partial charge on any atom is 0.0545 e. The predicted octanol–water partition coefficient (Wildman–Crippen LogP) is 7.21. The highest BCUT2D eigenvalue weighted by molar-refractivity contribution is 5.06. The molecule has 0 aliphatic rings. The Bertz CT molecular complexity index is 292. The number of allylic oxidation sites excluding steroid dienone is 3. The molecule has 0 aromatic rings. The van der Waals surface area contributed by atoms with Gasteiger partial charge in [-0.2, -0.15) is 0 Å². The molecule has 2 unspecified atom stereocenters. The molecule has 0 amide bonds. The summed E-state index contributed by atoms with van der Waals surface area (Å²) in [5.41, 5.74) is 1.60. The summed E-state index contributed by atoms with van der Waals surface area (Å²) in [5.74, 6) is 0.530. The first-order valence-electron chi connectivity index (χ1n) is 10.1. The minimum Gasteiger partial charge on any atom is -0.393 e. The van der Waals surface area contributed by atoms with Crippen LogP contribution in [-0.2, 0) is 0 Å². The summed E-state index contributed by atoms with van der Waals surface area (Å²) >= 11 is 0. The van der Waals surface area contributed by atoms with Gasteiger partial charge in [-0.05, 0) is 57.3 Å². The molecule has 0 aromatic heterocycles. The molecule has 0 radical (unpaired) electrons. The van der Waals surface area contributed by atoms with E-state index >= 15 is 0 Å². The first-order valence-corrected chi connectivity index (χ1v) is 10.1. The highest BCUT2D eigenvalue weighted by atomic mass is 16.3. The van der Waals surface area contributed by atoms with Crippen molar-refractivity contribution >= 4 is 0 Å². The second-order valence-electron chi connectivity index (χ2n) is 7.10. The summed E-state index contributed by atoms with van der Waals surface area (Å²) in [7, 11) is 0. The Morgan fingerprint density at radius 1 is 0.957 bits per heavy atom. The fourth-order valence-electron chi connectivity index (χ4n) is 3.16. The van der Waals surface area contributed by atoms with Gasteiger partial charge in [-0.15, -0.1) is 6.58 Å². The summed E-state index contributed by atoms with van der Waals surface area (Å²) < 4.78 is 0. The third kappa shape index (κ3) is 13.6. The van der Waals surface area contributed by atoms with Crippen LogP contribution in [0, 0.1) is 5.92 Å². The molecule has 1 nitrogen and oxygen atoms in total. The standard InChI is InChI=1S/C22H42O/c1-5-8-11-14-17-21(16-13-10-7-3)20(4)19-22(23)18-15-12-9-6-2/h6,17,20,22-23H,2,5,7-16,18-19H2,1,3-4H3/b21-17+. The van der Waals surface area contributed by atoms with Gasteiger partial charge in [0.25, 0.3) is 0 Å². The molecule has 0 spiro atoms. The van der Waals surface area contributed by atoms with Crippen molar-refractivity contribution in [1.29, 1.82) is 0 Å². The first-order chi connectivity index (χ1) is 11.2. The molecule has 0 aliphatic carbocycles. The van der Waals surface area contributed by atoms with E-state index in [-0.39, 0.29) is 6.10 Å². The summed E-state index contributed by atoms with van der Waals surface area (Å²) in [6.07, 6.45) is 19.8. The SMILES string of the molecule is C=CCCCCC(O)CC(C)/C(=C/CCCCC)CCCCC. The third-order valence-electron chi connectivity index (χ3n) is 4.74. The minimum atomic E-state index is -0.139. The van der Waals surface area contributed by atoms with Crippen LogP contribution in [0.15, 0.2) is 24.3 Å². The lowest BCUT2D eigenvalue weighted by Gasteiger charge is -2.20. The monoisotopic (exact) mass is 322 g/mol. The van der Waals surface area contributed by atoms with Gasteiger partial charge in [0, 0.05) is 0 Å². The van der Waals surface area contributed by atoms with E-state index in [9.17, 15) is 5.11 Å². The van der Waals surface area contributed by atoms with Crippen molar-refractivity contribution in [3.63, 3.8) is 0 Å². The molecule has 136 valence electrons. The topological polar surface area (TPSA) is 20.2 Å². The normalized spacial score (nSPS) is 14.7. The summed E-state index contributed by atoms with van der Waals surface area (Å²) in [6.45, 7) is 10.6. The molecule has 0 saturated heterocycles. The molecule has 0 heterocycles. The van der Waals surface area contributed by atoms with Gasteiger partial charge in [0.1, 0.15) is 0 Å². The van der Waals surface area contributed by atoms with Crippen LogP contribution in [0.3, 0.4) is 0 Å². The minimum absolute atomic E-state index is 0.139. The molecule has 0 bridgehead atoms. The van der Waals surface area contributed by atoms with Crippen LogP contribution in [0.4, 0.5) is 0 Å².